The van der Waals surface area contributed by atoms with E-state index in [1.54, 1.807) is 19.5 Å². The van der Waals surface area contributed by atoms with E-state index in [0.29, 0.717) is 6.04 Å². The highest BCUT2D eigenvalue weighted by molar-refractivity contribution is 6.31. The lowest BCUT2D eigenvalue weighted by Gasteiger charge is -2.21. The lowest BCUT2D eigenvalue weighted by molar-refractivity contribution is 0.101. The molecule has 1 rings (SSSR count). The van der Waals surface area contributed by atoms with Crippen LogP contribution in [0.15, 0.2) is 18.5 Å². The Morgan fingerprint density at radius 2 is 2.29 bits per heavy atom. The number of pyridine rings is 1. The zero-order valence-electron chi connectivity index (χ0n) is 10.7. The summed E-state index contributed by atoms with van der Waals surface area (Å²) in [5.41, 5.74) is 1.14. The minimum absolute atomic E-state index is 0.250. The van der Waals surface area contributed by atoms with E-state index in [1.807, 2.05) is 6.07 Å². The van der Waals surface area contributed by atoms with Crippen molar-refractivity contribution in [3.8, 4) is 0 Å². The second-order valence-corrected chi connectivity index (χ2v) is 4.62. The molecule has 2 atom stereocenters. The Bertz CT molecular complexity index is 333. The normalized spacial score (nSPS) is 14.6. The molecular weight excluding hydrogens is 236 g/mol. The van der Waals surface area contributed by atoms with Gasteiger partial charge >= 0.3 is 0 Å². The van der Waals surface area contributed by atoms with Crippen LogP contribution in [0.4, 0.5) is 0 Å². The molecule has 96 valence electrons. The van der Waals surface area contributed by atoms with Crippen LogP contribution in [0, 0.1) is 0 Å². The number of likely N-dealkylation sites (N-methyl/N-ethyl adjacent to an activating group) is 1. The monoisotopic (exact) mass is 256 g/mol. The van der Waals surface area contributed by atoms with Crippen LogP contribution < -0.4 is 5.32 Å². The molecule has 3 nitrogen and oxygen atoms in total. The highest BCUT2D eigenvalue weighted by Crippen LogP contribution is 2.17. The zero-order valence-corrected chi connectivity index (χ0v) is 11.5. The lowest BCUT2D eigenvalue weighted by Crippen LogP contribution is -2.34. The number of rotatable bonds is 7. The number of ether oxygens (including phenoxy) is 1. The van der Waals surface area contributed by atoms with Crippen molar-refractivity contribution in [2.24, 2.45) is 0 Å². The van der Waals surface area contributed by atoms with Gasteiger partial charge in [0.25, 0.3) is 0 Å². The lowest BCUT2D eigenvalue weighted by atomic mass is 10.0. The predicted octanol–water partition coefficient (Wildman–Crippen LogP) is 2.68. The van der Waals surface area contributed by atoms with Gasteiger partial charge < -0.3 is 10.1 Å². The van der Waals surface area contributed by atoms with Gasteiger partial charge in [0, 0.05) is 25.5 Å². The van der Waals surface area contributed by atoms with Crippen LogP contribution >= 0.6 is 11.6 Å². The van der Waals surface area contributed by atoms with Crippen LogP contribution in [-0.2, 0) is 11.2 Å². The summed E-state index contributed by atoms with van der Waals surface area (Å²) in [6, 6.07) is 2.36. The van der Waals surface area contributed by atoms with Gasteiger partial charge in [-0.2, -0.15) is 0 Å². The topological polar surface area (TPSA) is 34.2 Å². The first-order valence-electron chi connectivity index (χ1n) is 6.01. The Morgan fingerprint density at radius 1 is 1.53 bits per heavy atom. The molecule has 1 N–H and O–H groups in total. The molecule has 0 radical (unpaired) electrons. The molecule has 0 amide bonds. The van der Waals surface area contributed by atoms with E-state index in [4.69, 9.17) is 16.3 Å². The minimum atomic E-state index is 0.250. The summed E-state index contributed by atoms with van der Waals surface area (Å²) in [6.07, 6.45) is 5.61. The Kier molecular flexibility index (Phi) is 6.48. The first-order chi connectivity index (χ1) is 8.17. The quantitative estimate of drug-likeness (QED) is 0.815. The van der Waals surface area contributed by atoms with Gasteiger partial charge in [-0.15, -0.1) is 0 Å². The maximum atomic E-state index is 6.12. The number of halogens is 1. The van der Waals surface area contributed by atoms with Crippen molar-refractivity contribution in [3.63, 3.8) is 0 Å². The molecule has 0 fully saturated rings. The molecule has 0 spiro atoms. The van der Waals surface area contributed by atoms with E-state index in [1.165, 1.54) is 0 Å². The van der Waals surface area contributed by atoms with Gasteiger partial charge in [-0.05, 0) is 37.9 Å². The number of nitrogens with one attached hydrogen (secondary N) is 1. The Balaban J connectivity index is 2.63. The van der Waals surface area contributed by atoms with Crippen LogP contribution in [0.5, 0.6) is 0 Å². The number of aromatic nitrogens is 1. The van der Waals surface area contributed by atoms with Crippen molar-refractivity contribution in [2.75, 3.05) is 13.7 Å². The SMILES string of the molecule is CCNC(Cc1ccncc1Cl)CC(C)OC. The number of methoxy groups -OCH3 is 1. The minimum Gasteiger partial charge on any atom is -0.382 e. The van der Waals surface area contributed by atoms with Gasteiger partial charge in [-0.3, -0.25) is 4.98 Å². The third kappa shape index (κ3) is 5.02. The van der Waals surface area contributed by atoms with E-state index in [0.717, 1.165) is 30.0 Å². The molecule has 1 heterocycles. The van der Waals surface area contributed by atoms with Crippen molar-refractivity contribution in [2.45, 2.75) is 38.8 Å². The fraction of sp³-hybridized carbons (Fsp3) is 0.615. The van der Waals surface area contributed by atoms with Crippen molar-refractivity contribution in [3.05, 3.63) is 29.0 Å². The third-order valence-corrected chi connectivity index (χ3v) is 3.17. The number of nitrogens with zero attached hydrogens (tertiary/aromatic N) is 1. The molecule has 0 saturated heterocycles. The first-order valence-corrected chi connectivity index (χ1v) is 6.39. The molecule has 0 saturated carbocycles. The van der Waals surface area contributed by atoms with Crippen molar-refractivity contribution < 1.29 is 4.74 Å². The molecule has 0 aromatic carbocycles. The molecule has 0 aliphatic rings. The summed E-state index contributed by atoms with van der Waals surface area (Å²) in [5.74, 6) is 0. The third-order valence-electron chi connectivity index (χ3n) is 2.83. The van der Waals surface area contributed by atoms with E-state index in [9.17, 15) is 0 Å². The smallest absolute Gasteiger partial charge is 0.0621 e. The van der Waals surface area contributed by atoms with Gasteiger partial charge in [0.15, 0.2) is 0 Å². The number of hydrogen-bond acceptors (Lipinski definition) is 3. The van der Waals surface area contributed by atoms with Gasteiger partial charge in [0.05, 0.1) is 11.1 Å². The van der Waals surface area contributed by atoms with Crippen molar-refractivity contribution in [1.29, 1.82) is 0 Å². The summed E-state index contributed by atoms with van der Waals surface area (Å²) >= 11 is 6.12. The fourth-order valence-electron chi connectivity index (χ4n) is 1.86. The van der Waals surface area contributed by atoms with E-state index < -0.39 is 0 Å². The van der Waals surface area contributed by atoms with Crippen LogP contribution in [-0.4, -0.2) is 30.8 Å². The van der Waals surface area contributed by atoms with Gasteiger partial charge in [-0.25, -0.2) is 0 Å². The largest absolute Gasteiger partial charge is 0.382 e. The second-order valence-electron chi connectivity index (χ2n) is 4.21. The second kappa shape index (κ2) is 7.64. The van der Waals surface area contributed by atoms with E-state index in [-0.39, 0.29) is 6.10 Å². The summed E-state index contributed by atoms with van der Waals surface area (Å²) in [4.78, 5) is 4.00. The average molecular weight is 257 g/mol. The Labute approximate surface area is 109 Å². The predicted molar refractivity (Wildman–Crippen MR) is 71.5 cm³/mol. The van der Waals surface area contributed by atoms with Gasteiger partial charge in [-0.1, -0.05) is 18.5 Å². The van der Waals surface area contributed by atoms with Crippen LogP contribution in [0.3, 0.4) is 0 Å². The molecule has 0 aliphatic carbocycles. The van der Waals surface area contributed by atoms with Crippen molar-refractivity contribution in [1.82, 2.24) is 10.3 Å². The summed E-state index contributed by atoms with van der Waals surface area (Å²) in [7, 11) is 1.74. The standard InChI is InChI=1S/C13H21ClN2O/c1-4-16-12(7-10(2)17-3)8-11-5-6-15-9-13(11)14/h5-6,9-10,12,16H,4,7-8H2,1-3H3. The zero-order chi connectivity index (χ0) is 12.7. The summed E-state index contributed by atoms with van der Waals surface area (Å²) < 4.78 is 5.31. The Morgan fingerprint density at radius 3 is 2.88 bits per heavy atom. The highest BCUT2D eigenvalue weighted by atomic mass is 35.5. The average Bonchev–Trinajstić information content (AvgIpc) is 2.32. The number of hydrogen-bond donors (Lipinski definition) is 1. The molecular formula is C13H21ClN2O. The van der Waals surface area contributed by atoms with E-state index in [2.05, 4.69) is 24.1 Å². The Hall–Kier alpha value is -0.640. The first kappa shape index (κ1) is 14.4. The molecule has 0 aliphatic heterocycles. The molecule has 0 bridgehead atoms. The van der Waals surface area contributed by atoms with E-state index >= 15 is 0 Å². The van der Waals surface area contributed by atoms with Crippen LogP contribution in [0.25, 0.3) is 0 Å². The fourth-order valence-corrected chi connectivity index (χ4v) is 2.06. The summed E-state index contributed by atoms with van der Waals surface area (Å²) in [6.45, 7) is 5.14. The maximum Gasteiger partial charge on any atom is 0.0621 e. The van der Waals surface area contributed by atoms with Crippen LogP contribution in [0.1, 0.15) is 25.8 Å². The summed E-state index contributed by atoms with van der Waals surface area (Å²) in [5, 5.41) is 4.20. The maximum absolute atomic E-state index is 6.12. The van der Waals surface area contributed by atoms with Crippen molar-refractivity contribution >= 4 is 11.6 Å². The van der Waals surface area contributed by atoms with Gasteiger partial charge in [0.1, 0.15) is 0 Å². The molecule has 1 aromatic heterocycles. The van der Waals surface area contributed by atoms with Gasteiger partial charge in [0.2, 0.25) is 0 Å². The highest BCUT2D eigenvalue weighted by Gasteiger charge is 2.14. The molecule has 17 heavy (non-hydrogen) atoms. The molecule has 2 unspecified atom stereocenters. The van der Waals surface area contributed by atoms with Crippen LogP contribution in [0.2, 0.25) is 5.02 Å². The molecule has 4 heteroatoms. The molecule has 1 aromatic rings.